The van der Waals surface area contributed by atoms with E-state index in [9.17, 15) is 9.59 Å². The standard InChI is InChI=1S/C53H106N2O8/c1-55(44-30-27-41-53(61)63-51(38-24-16-8-4-12-20-34-48-58)39-25-17-9-5-13-21-35-49-59)45-31-29-43-54-42-28-26-40-52(60)62-50(36-22-14-6-2-10-18-32-46-56)37-23-15-7-3-11-19-33-47-57/h50-51,54,56-59H,2-49H2,1H3. The maximum Gasteiger partial charge on any atom is 0.306 e. The maximum atomic E-state index is 12.8. The fraction of sp³-hybridized carbons (Fsp3) is 0.962. The Bertz CT molecular complexity index is 887. The van der Waals surface area contributed by atoms with Crippen LogP contribution in [0.25, 0.3) is 0 Å². The van der Waals surface area contributed by atoms with E-state index in [1.807, 2.05) is 0 Å². The van der Waals surface area contributed by atoms with Crippen molar-refractivity contribution in [1.29, 1.82) is 0 Å². The van der Waals surface area contributed by atoms with Gasteiger partial charge in [-0.1, -0.05) is 128 Å². The topological polar surface area (TPSA) is 149 Å². The largest absolute Gasteiger partial charge is 0.462 e. The number of unbranched alkanes of at least 4 members (excludes halogenated alkanes) is 27. The first-order valence-electron chi connectivity index (χ1n) is 27.2. The first kappa shape index (κ1) is 61.7. The lowest BCUT2D eigenvalue weighted by Gasteiger charge is -2.19. The zero-order valence-corrected chi connectivity index (χ0v) is 41.5. The number of hydrogen-bond donors (Lipinski definition) is 5. The lowest BCUT2D eigenvalue weighted by Crippen LogP contribution is -2.23. The molecule has 0 aromatic carbocycles. The second-order valence-electron chi connectivity index (χ2n) is 18.8. The van der Waals surface area contributed by atoms with Crippen molar-refractivity contribution in [2.24, 2.45) is 0 Å². The van der Waals surface area contributed by atoms with Gasteiger partial charge in [0.1, 0.15) is 12.2 Å². The van der Waals surface area contributed by atoms with Gasteiger partial charge in [-0.2, -0.15) is 0 Å². The van der Waals surface area contributed by atoms with Crippen LogP contribution >= 0.6 is 0 Å². The van der Waals surface area contributed by atoms with E-state index in [1.54, 1.807) is 0 Å². The van der Waals surface area contributed by atoms with Crippen molar-refractivity contribution in [3.8, 4) is 0 Å². The molecular formula is C53H106N2O8. The minimum absolute atomic E-state index is 0.0324. The second-order valence-corrected chi connectivity index (χ2v) is 18.8. The van der Waals surface area contributed by atoms with Crippen molar-refractivity contribution in [1.82, 2.24) is 10.2 Å². The molecule has 0 unspecified atom stereocenters. The van der Waals surface area contributed by atoms with Gasteiger partial charge >= 0.3 is 11.9 Å². The number of carbonyl (C=O) groups excluding carboxylic acids is 2. The molecule has 0 atom stereocenters. The fourth-order valence-corrected chi connectivity index (χ4v) is 8.52. The van der Waals surface area contributed by atoms with Crippen LogP contribution in [0.4, 0.5) is 0 Å². The van der Waals surface area contributed by atoms with Gasteiger partial charge in [0.25, 0.3) is 0 Å². The highest BCUT2D eigenvalue weighted by molar-refractivity contribution is 5.69. The Morgan fingerprint density at radius 1 is 0.365 bits per heavy atom. The van der Waals surface area contributed by atoms with Crippen molar-refractivity contribution in [2.45, 2.75) is 269 Å². The van der Waals surface area contributed by atoms with Gasteiger partial charge in [0, 0.05) is 39.3 Å². The van der Waals surface area contributed by atoms with Crippen LogP contribution in [-0.2, 0) is 19.1 Å². The Hall–Kier alpha value is -1.30. The van der Waals surface area contributed by atoms with Gasteiger partial charge in [-0.25, -0.2) is 0 Å². The number of hydrogen-bond acceptors (Lipinski definition) is 10. The molecule has 0 aliphatic rings. The Balaban J connectivity index is 4.18. The summed E-state index contributed by atoms with van der Waals surface area (Å²) in [6.45, 7) is 5.15. The third-order valence-electron chi connectivity index (χ3n) is 12.6. The molecular weight excluding hydrogens is 793 g/mol. The molecule has 10 nitrogen and oxygen atoms in total. The van der Waals surface area contributed by atoms with Crippen molar-refractivity contribution in [3.63, 3.8) is 0 Å². The van der Waals surface area contributed by atoms with Crippen LogP contribution in [0.1, 0.15) is 257 Å². The maximum absolute atomic E-state index is 12.8. The molecule has 0 aliphatic heterocycles. The molecule has 0 spiro atoms. The lowest BCUT2D eigenvalue weighted by molar-refractivity contribution is -0.151. The number of rotatable bonds is 53. The first-order chi connectivity index (χ1) is 31.0. The molecule has 0 saturated heterocycles. The summed E-state index contributed by atoms with van der Waals surface area (Å²) in [6.07, 6.45) is 42.7. The quantitative estimate of drug-likeness (QED) is 0.0295. The smallest absolute Gasteiger partial charge is 0.306 e. The van der Waals surface area contributed by atoms with Crippen molar-refractivity contribution >= 4 is 11.9 Å². The Morgan fingerprint density at radius 3 is 0.937 bits per heavy atom. The molecule has 10 heteroatoms. The average Bonchev–Trinajstić information content (AvgIpc) is 3.27. The number of carbonyl (C=O) groups is 2. The molecule has 0 aromatic rings. The third kappa shape index (κ3) is 48.5. The molecule has 0 amide bonds. The molecule has 0 heterocycles. The number of aliphatic hydroxyl groups excluding tert-OH is 4. The van der Waals surface area contributed by atoms with Crippen molar-refractivity contribution < 1.29 is 39.5 Å². The summed E-state index contributed by atoms with van der Waals surface area (Å²) in [5.41, 5.74) is 0. The number of ether oxygens (including phenoxy) is 2. The predicted molar refractivity (Wildman–Crippen MR) is 263 cm³/mol. The summed E-state index contributed by atoms with van der Waals surface area (Å²) in [5.74, 6) is -0.0701. The van der Waals surface area contributed by atoms with E-state index in [4.69, 9.17) is 29.9 Å². The Morgan fingerprint density at radius 2 is 0.619 bits per heavy atom. The molecule has 0 fully saturated rings. The van der Waals surface area contributed by atoms with Gasteiger partial charge in [-0.05, 0) is 149 Å². The molecule has 0 rings (SSSR count). The van der Waals surface area contributed by atoms with Crippen LogP contribution in [0.3, 0.4) is 0 Å². The highest BCUT2D eigenvalue weighted by Crippen LogP contribution is 2.20. The summed E-state index contributed by atoms with van der Waals surface area (Å²) >= 11 is 0. The molecule has 376 valence electrons. The fourth-order valence-electron chi connectivity index (χ4n) is 8.52. The van der Waals surface area contributed by atoms with Crippen LogP contribution in [0.15, 0.2) is 0 Å². The SMILES string of the molecule is CN(CCCCNCCCCC(=O)OC(CCCCCCCCCO)CCCCCCCCCO)CCCCC(=O)OC(CCCCCCCCCO)CCCCCCCCCO. The summed E-state index contributed by atoms with van der Waals surface area (Å²) < 4.78 is 12.1. The molecule has 0 aliphatic carbocycles. The first-order valence-corrected chi connectivity index (χ1v) is 27.2. The van der Waals surface area contributed by atoms with Crippen LogP contribution in [-0.4, -0.2) is 109 Å². The molecule has 63 heavy (non-hydrogen) atoms. The zero-order valence-electron chi connectivity index (χ0n) is 41.5. The van der Waals surface area contributed by atoms with Crippen molar-refractivity contribution in [3.05, 3.63) is 0 Å². The summed E-state index contributed by atoms with van der Waals surface area (Å²) in [5, 5.41) is 39.5. The molecule has 0 bridgehead atoms. The minimum atomic E-state index is -0.0377. The van der Waals surface area contributed by atoms with E-state index >= 15 is 0 Å². The predicted octanol–water partition coefficient (Wildman–Crippen LogP) is 11.9. The molecule has 0 aromatic heterocycles. The Kier molecular flexibility index (Phi) is 50.6. The number of esters is 2. The molecule has 0 saturated carbocycles. The average molecular weight is 899 g/mol. The minimum Gasteiger partial charge on any atom is -0.462 e. The van der Waals surface area contributed by atoms with E-state index in [0.29, 0.717) is 39.3 Å². The second kappa shape index (κ2) is 51.7. The molecule has 5 N–H and O–H groups in total. The highest BCUT2D eigenvalue weighted by atomic mass is 16.5. The summed E-state index contributed by atoms with van der Waals surface area (Å²) in [7, 11) is 2.18. The summed E-state index contributed by atoms with van der Waals surface area (Å²) in [4.78, 5) is 28.0. The number of aliphatic hydroxyl groups is 4. The van der Waals surface area contributed by atoms with Gasteiger partial charge in [-0.3, -0.25) is 9.59 Å². The van der Waals surface area contributed by atoms with Crippen LogP contribution in [0.5, 0.6) is 0 Å². The lowest BCUT2D eigenvalue weighted by atomic mass is 10.0. The number of nitrogens with zero attached hydrogens (tertiary/aromatic N) is 1. The highest BCUT2D eigenvalue weighted by Gasteiger charge is 2.16. The van der Waals surface area contributed by atoms with Crippen LogP contribution in [0.2, 0.25) is 0 Å². The molecule has 0 radical (unpaired) electrons. The van der Waals surface area contributed by atoms with Gasteiger partial charge < -0.3 is 40.1 Å². The van der Waals surface area contributed by atoms with E-state index in [2.05, 4.69) is 17.3 Å². The van der Waals surface area contributed by atoms with E-state index in [0.717, 1.165) is 167 Å². The monoisotopic (exact) mass is 899 g/mol. The normalized spacial score (nSPS) is 11.7. The van der Waals surface area contributed by atoms with E-state index < -0.39 is 0 Å². The summed E-state index contributed by atoms with van der Waals surface area (Å²) in [6, 6.07) is 0. The van der Waals surface area contributed by atoms with Gasteiger partial charge in [0.2, 0.25) is 0 Å². The Labute approximate surface area is 389 Å². The third-order valence-corrected chi connectivity index (χ3v) is 12.6. The zero-order chi connectivity index (χ0) is 45.9. The van der Waals surface area contributed by atoms with Crippen molar-refractivity contribution in [2.75, 3.05) is 59.7 Å². The van der Waals surface area contributed by atoms with E-state index in [-0.39, 0.29) is 24.1 Å². The number of nitrogens with one attached hydrogen (secondary N) is 1. The van der Waals surface area contributed by atoms with Crippen LogP contribution < -0.4 is 5.32 Å². The van der Waals surface area contributed by atoms with Gasteiger partial charge in [-0.15, -0.1) is 0 Å². The van der Waals surface area contributed by atoms with E-state index in [1.165, 1.54) is 103 Å². The van der Waals surface area contributed by atoms with Gasteiger partial charge in [0.05, 0.1) is 0 Å². The van der Waals surface area contributed by atoms with Gasteiger partial charge in [0.15, 0.2) is 0 Å². The van der Waals surface area contributed by atoms with Crippen LogP contribution in [0, 0.1) is 0 Å².